The zero-order chi connectivity index (χ0) is 20.7. The van der Waals surface area contributed by atoms with Crippen LogP contribution >= 0.6 is 0 Å². The summed E-state index contributed by atoms with van der Waals surface area (Å²) in [4.78, 5) is 0. The molecule has 6 N–H and O–H groups in total. The zero-order valence-electron chi connectivity index (χ0n) is 15.0. The van der Waals surface area contributed by atoms with Gasteiger partial charge in [-0.1, -0.05) is 12.1 Å². The van der Waals surface area contributed by atoms with Gasteiger partial charge in [0.1, 0.15) is 47.1 Å². The molecule has 2 aliphatic heterocycles. The van der Waals surface area contributed by atoms with Crippen LogP contribution in [-0.4, -0.2) is 61.8 Å². The minimum atomic E-state index is -1.52. The summed E-state index contributed by atoms with van der Waals surface area (Å²) >= 11 is 0. The molecule has 0 saturated carbocycles. The van der Waals surface area contributed by atoms with E-state index in [0.29, 0.717) is 5.56 Å². The van der Waals surface area contributed by atoms with Gasteiger partial charge in [-0.15, -0.1) is 0 Å². The summed E-state index contributed by atoms with van der Waals surface area (Å²) < 4.78 is 17.0. The Morgan fingerprint density at radius 3 is 2.34 bits per heavy atom. The van der Waals surface area contributed by atoms with Crippen molar-refractivity contribution >= 4 is 6.08 Å². The Bertz CT molecular complexity index is 924. The van der Waals surface area contributed by atoms with E-state index in [1.54, 1.807) is 12.1 Å². The molecular formula is C20H20O9. The van der Waals surface area contributed by atoms with Crippen LogP contribution in [0.5, 0.6) is 23.0 Å². The van der Waals surface area contributed by atoms with Crippen LogP contribution in [-0.2, 0) is 9.47 Å². The van der Waals surface area contributed by atoms with Crippen LogP contribution in [0.4, 0.5) is 0 Å². The fourth-order valence-electron chi connectivity index (χ4n) is 3.24. The molecule has 0 amide bonds. The van der Waals surface area contributed by atoms with Crippen LogP contribution < -0.4 is 4.74 Å². The molecule has 1 fully saturated rings. The standard InChI is InChI=1S/C20H20O9/c21-10-3-1-9(2-4-10)19-16(29-20-18(26)17(25)14(24)8-27-20)7-12-13(23)5-11(22)6-15(12)28-19/h1-7,14,17-26H,8H2/t14-,17+,18-,19?,20+/m1/s1. The molecule has 1 unspecified atom stereocenters. The molecular weight excluding hydrogens is 384 g/mol. The van der Waals surface area contributed by atoms with Gasteiger partial charge in [0.15, 0.2) is 6.10 Å². The van der Waals surface area contributed by atoms with Crippen LogP contribution in [0.2, 0.25) is 0 Å². The number of phenolic OH excluding ortho intramolecular Hbond substituents is 3. The van der Waals surface area contributed by atoms with Gasteiger partial charge in [0.2, 0.25) is 6.29 Å². The largest absolute Gasteiger partial charge is 0.508 e. The highest BCUT2D eigenvalue weighted by Crippen LogP contribution is 2.44. The van der Waals surface area contributed by atoms with Crippen molar-refractivity contribution in [1.82, 2.24) is 0 Å². The lowest BCUT2D eigenvalue weighted by molar-refractivity contribution is -0.261. The second-order valence-electron chi connectivity index (χ2n) is 6.88. The minimum Gasteiger partial charge on any atom is -0.508 e. The number of aromatic hydroxyl groups is 3. The summed E-state index contributed by atoms with van der Waals surface area (Å²) in [5.74, 6) is -0.0300. The lowest BCUT2D eigenvalue weighted by Crippen LogP contribution is -2.53. The Labute approximate surface area is 165 Å². The van der Waals surface area contributed by atoms with Crippen molar-refractivity contribution in [2.24, 2.45) is 0 Å². The van der Waals surface area contributed by atoms with E-state index in [4.69, 9.17) is 14.2 Å². The van der Waals surface area contributed by atoms with Crippen molar-refractivity contribution in [2.45, 2.75) is 30.7 Å². The van der Waals surface area contributed by atoms with Gasteiger partial charge in [-0.3, -0.25) is 0 Å². The average molecular weight is 404 g/mol. The molecule has 5 atom stereocenters. The monoisotopic (exact) mass is 404 g/mol. The van der Waals surface area contributed by atoms with E-state index in [2.05, 4.69) is 0 Å². The number of fused-ring (bicyclic) bond motifs is 1. The van der Waals surface area contributed by atoms with E-state index in [9.17, 15) is 30.6 Å². The quantitative estimate of drug-likeness (QED) is 0.435. The Kier molecular flexibility index (Phi) is 4.97. The lowest BCUT2D eigenvalue weighted by Gasteiger charge is -2.37. The van der Waals surface area contributed by atoms with E-state index >= 15 is 0 Å². The molecule has 1 saturated heterocycles. The highest BCUT2D eigenvalue weighted by Gasteiger charge is 2.41. The Hall–Kier alpha value is -2.98. The first kappa shape index (κ1) is 19.3. The van der Waals surface area contributed by atoms with E-state index < -0.39 is 30.7 Å². The Morgan fingerprint density at radius 1 is 0.897 bits per heavy atom. The maximum atomic E-state index is 10.2. The lowest BCUT2D eigenvalue weighted by atomic mass is 10.0. The molecule has 9 heteroatoms. The topological polar surface area (TPSA) is 149 Å². The summed E-state index contributed by atoms with van der Waals surface area (Å²) in [7, 11) is 0. The van der Waals surface area contributed by atoms with Gasteiger partial charge in [-0.25, -0.2) is 0 Å². The minimum absolute atomic E-state index is 0.0508. The third kappa shape index (κ3) is 3.68. The molecule has 2 heterocycles. The van der Waals surface area contributed by atoms with Crippen LogP contribution in [0.3, 0.4) is 0 Å². The summed E-state index contributed by atoms with van der Waals surface area (Å²) in [6.07, 6.45) is -4.90. The summed E-state index contributed by atoms with van der Waals surface area (Å²) in [6, 6.07) is 8.59. The fourth-order valence-corrected chi connectivity index (χ4v) is 3.24. The molecule has 9 nitrogen and oxygen atoms in total. The highest BCUT2D eigenvalue weighted by molar-refractivity contribution is 5.69. The summed E-state index contributed by atoms with van der Waals surface area (Å²) in [5.41, 5.74) is 0.826. The number of ether oxygens (including phenoxy) is 3. The number of aliphatic hydroxyl groups is 3. The number of aliphatic hydroxyl groups excluding tert-OH is 3. The number of rotatable bonds is 3. The van der Waals surface area contributed by atoms with Gasteiger partial charge in [0.25, 0.3) is 0 Å². The van der Waals surface area contributed by atoms with Crippen molar-refractivity contribution in [1.29, 1.82) is 0 Å². The van der Waals surface area contributed by atoms with Gasteiger partial charge < -0.3 is 44.8 Å². The fraction of sp³-hybridized carbons (Fsp3) is 0.300. The molecule has 0 aliphatic carbocycles. The van der Waals surface area contributed by atoms with Crippen LogP contribution in [0.1, 0.15) is 17.2 Å². The van der Waals surface area contributed by atoms with Gasteiger partial charge in [0, 0.05) is 17.7 Å². The first-order valence-electron chi connectivity index (χ1n) is 8.89. The Balaban J connectivity index is 1.71. The molecule has 4 rings (SSSR count). The van der Waals surface area contributed by atoms with E-state index in [0.717, 1.165) is 6.07 Å². The molecule has 29 heavy (non-hydrogen) atoms. The predicted octanol–water partition coefficient (Wildman–Crippen LogP) is 0.734. The highest BCUT2D eigenvalue weighted by atomic mass is 16.7. The first-order valence-corrected chi connectivity index (χ1v) is 8.89. The van der Waals surface area contributed by atoms with Gasteiger partial charge in [-0.2, -0.15) is 0 Å². The van der Waals surface area contributed by atoms with E-state index in [1.807, 2.05) is 0 Å². The maximum Gasteiger partial charge on any atom is 0.228 e. The third-order valence-electron chi connectivity index (χ3n) is 4.80. The van der Waals surface area contributed by atoms with Crippen LogP contribution in [0.15, 0.2) is 42.2 Å². The number of phenols is 3. The third-order valence-corrected chi connectivity index (χ3v) is 4.80. The number of hydrogen-bond acceptors (Lipinski definition) is 9. The zero-order valence-corrected chi connectivity index (χ0v) is 15.0. The molecule has 2 aromatic rings. The SMILES string of the molecule is Oc1ccc(C2Oc3cc(O)cc(O)c3C=C2O[C@@H]2OC[C@@H](O)[C@H](O)[C@H]2O)cc1. The van der Waals surface area contributed by atoms with Gasteiger partial charge >= 0.3 is 0 Å². The Morgan fingerprint density at radius 2 is 1.62 bits per heavy atom. The van der Waals surface area contributed by atoms with E-state index in [-0.39, 0.29) is 40.9 Å². The van der Waals surface area contributed by atoms with Crippen molar-refractivity contribution in [3.8, 4) is 23.0 Å². The molecule has 0 bridgehead atoms. The summed E-state index contributed by atoms with van der Waals surface area (Å²) in [5, 5.41) is 59.1. The maximum absolute atomic E-state index is 10.2. The molecule has 0 radical (unpaired) electrons. The smallest absolute Gasteiger partial charge is 0.228 e. The van der Waals surface area contributed by atoms with Gasteiger partial charge in [0.05, 0.1) is 12.2 Å². The summed E-state index contributed by atoms with van der Waals surface area (Å²) in [6.45, 7) is -0.239. The molecule has 0 aromatic heterocycles. The molecule has 154 valence electrons. The molecule has 2 aliphatic rings. The molecule has 0 spiro atoms. The van der Waals surface area contributed by atoms with Crippen molar-refractivity contribution < 1.29 is 44.8 Å². The predicted molar refractivity (Wildman–Crippen MR) is 98.1 cm³/mol. The number of hydrogen-bond donors (Lipinski definition) is 6. The van der Waals surface area contributed by atoms with Crippen molar-refractivity contribution in [2.75, 3.05) is 6.61 Å². The molecule has 2 aromatic carbocycles. The van der Waals surface area contributed by atoms with Crippen LogP contribution in [0, 0.1) is 0 Å². The van der Waals surface area contributed by atoms with Crippen molar-refractivity contribution in [3.05, 3.63) is 53.3 Å². The normalized spacial score (nSPS) is 28.8. The second kappa shape index (κ2) is 7.45. The second-order valence-corrected chi connectivity index (χ2v) is 6.88. The van der Waals surface area contributed by atoms with E-state index in [1.165, 1.54) is 24.3 Å². The number of benzene rings is 2. The average Bonchev–Trinajstić information content (AvgIpc) is 2.69. The van der Waals surface area contributed by atoms with Gasteiger partial charge in [-0.05, 0) is 18.2 Å². The van der Waals surface area contributed by atoms with Crippen LogP contribution in [0.25, 0.3) is 6.08 Å². The van der Waals surface area contributed by atoms with Crippen molar-refractivity contribution in [3.63, 3.8) is 0 Å². The first-order chi connectivity index (χ1) is 13.8.